The highest BCUT2D eigenvalue weighted by Gasteiger charge is 2.15. The Hall–Kier alpha value is -2.76. The highest BCUT2D eigenvalue weighted by Crippen LogP contribution is 2.24. The second-order valence-corrected chi connectivity index (χ2v) is 8.57. The Bertz CT molecular complexity index is 851. The summed E-state index contributed by atoms with van der Waals surface area (Å²) in [6.45, 7) is 10.3. The Balaban J connectivity index is 1.38. The van der Waals surface area contributed by atoms with Crippen molar-refractivity contribution in [1.82, 2.24) is 15.6 Å². The topological polar surface area (TPSA) is 55.8 Å². The molecule has 0 spiro atoms. The van der Waals surface area contributed by atoms with Crippen LogP contribution in [0.15, 0.2) is 47.6 Å². The molecule has 31 heavy (non-hydrogen) atoms. The van der Waals surface area contributed by atoms with E-state index in [4.69, 9.17) is 4.99 Å². The molecule has 0 amide bonds. The molecule has 1 unspecified atom stereocenters. The van der Waals surface area contributed by atoms with E-state index in [9.17, 15) is 0 Å². The third-order valence-electron chi connectivity index (χ3n) is 6.20. The first-order chi connectivity index (χ1) is 15.2. The van der Waals surface area contributed by atoms with Crippen molar-refractivity contribution in [3.05, 3.63) is 53.7 Å². The summed E-state index contributed by atoms with van der Waals surface area (Å²) in [6, 6.07) is 13.4. The Labute approximate surface area is 186 Å². The summed E-state index contributed by atoms with van der Waals surface area (Å²) in [5, 5.41) is 6.95. The molecule has 0 aliphatic carbocycles. The molecule has 1 atom stereocenters. The lowest BCUT2D eigenvalue weighted by Gasteiger charge is -2.22. The minimum atomic E-state index is 0.177. The minimum absolute atomic E-state index is 0.177. The lowest BCUT2D eigenvalue weighted by Crippen LogP contribution is -2.38. The fraction of sp³-hybridized carbons (Fsp3) is 0.520. The lowest BCUT2D eigenvalue weighted by atomic mass is 10.1. The van der Waals surface area contributed by atoms with Gasteiger partial charge in [0.05, 0.1) is 12.6 Å². The zero-order valence-corrected chi connectivity index (χ0v) is 19.0. The largest absolute Gasteiger partial charge is 0.372 e. The van der Waals surface area contributed by atoms with E-state index in [1.165, 1.54) is 50.0 Å². The van der Waals surface area contributed by atoms with Gasteiger partial charge in [0.1, 0.15) is 5.82 Å². The standard InChI is InChI=1S/C25H36N6/c1-3-26-25(28-19-21-11-12-24(27-18-21)31-15-6-7-16-31)29-20(2)22-9-8-10-23(17-22)30-13-4-5-14-30/h8-12,17-18,20H,3-7,13-16,19H2,1-2H3,(H2,26,28,29). The van der Waals surface area contributed by atoms with Gasteiger partial charge in [-0.25, -0.2) is 9.98 Å². The third kappa shape index (κ3) is 5.69. The van der Waals surface area contributed by atoms with Crippen LogP contribution in [0, 0.1) is 0 Å². The average molecular weight is 421 g/mol. The number of aliphatic imine (C=N–C) groups is 1. The van der Waals surface area contributed by atoms with Gasteiger partial charge in [-0.15, -0.1) is 0 Å². The zero-order valence-electron chi connectivity index (χ0n) is 19.0. The van der Waals surface area contributed by atoms with Crippen LogP contribution in [0.1, 0.15) is 56.7 Å². The molecule has 2 aliphatic rings. The second-order valence-electron chi connectivity index (χ2n) is 8.57. The Morgan fingerprint density at radius 1 is 1.03 bits per heavy atom. The smallest absolute Gasteiger partial charge is 0.192 e. The van der Waals surface area contributed by atoms with Gasteiger partial charge in [-0.05, 0) is 68.9 Å². The van der Waals surface area contributed by atoms with Gasteiger partial charge in [0, 0.05) is 44.6 Å². The highest BCUT2D eigenvalue weighted by molar-refractivity contribution is 5.80. The van der Waals surface area contributed by atoms with E-state index in [1.807, 2.05) is 6.20 Å². The van der Waals surface area contributed by atoms with Gasteiger partial charge < -0.3 is 20.4 Å². The normalized spacial score (nSPS) is 17.8. The van der Waals surface area contributed by atoms with Crippen LogP contribution in [-0.2, 0) is 6.54 Å². The van der Waals surface area contributed by atoms with Gasteiger partial charge in [-0.2, -0.15) is 0 Å². The lowest BCUT2D eigenvalue weighted by molar-refractivity contribution is 0.686. The predicted octanol–water partition coefficient (Wildman–Crippen LogP) is 4.10. The molecule has 4 rings (SSSR count). The van der Waals surface area contributed by atoms with Crippen molar-refractivity contribution in [2.45, 2.75) is 52.1 Å². The van der Waals surface area contributed by atoms with Crippen LogP contribution >= 0.6 is 0 Å². The number of hydrogen-bond acceptors (Lipinski definition) is 4. The van der Waals surface area contributed by atoms with Crippen molar-refractivity contribution in [2.24, 2.45) is 4.99 Å². The van der Waals surface area contributed by atoms with E-state index in [0.717, 1.165) is 37.0 Å². The molecule has 3 heterocycles. The molecule has 0 bridgehead atoms. The predicted molar refractivity (Wildman–Crippen MR) is 130 cm³/mol. The van der Waals surface area contributed by atoms with E-state index < -0.39 is 0 Å². The number of nitrogens with zero attached hydrogens (tertiary/aromatic N) is 4. The number of benzene rings is 1. The van der Waals surface area contributed by atoms with Crippen molar-refractivity contribution in [3.8, 4) is 0 Å². The summed E-state index contributed by atoms with van der Waals surface area (Å²) in [5.74, 6) is 1.92. The summed E-state index contributed by atoms with van der Waals surface area (Å²) >= 11 is 0. The zero-order chi connectivity index (χ0) is 21.5. The molecule has 2 aliphatic heterocycles. The quantitative estimate of drug-likeness (QED) is 0.522. The second kappa shape index (κ2) is 10.5. The van der Waals surface area contributed by atoms with E-state index in [-0.39, 0.29) is 6.04 Å². The van der Waals surface area contributed by atoms with Gasteiger partial charge in [0.2, 0.25) is 0 Å². The van der Waals surface area contributed by atoms with E-state index >= 15 is 0 Å². The van der Waals surface area contributed by atoms with Crippen LogP contribution in [0.25, 0.3) is 0 Å². The first kappa shape index (κ1) is 21.5. The Morgan fingerprint density at radius 2 is 1.77 bits per heavy atom. The van der Waals surface area contributed by atoms with E-state index in [0.29, 0.717) is 6.54 Å². The van der Waals surface area contributed by atoms with Crippen molar-refractivity contribution in [2.75, 3.05) is 42.5 Å². The molecule has 0 radical (unpaired) electrons. The van der Waals surface area contributed by atoms with Gasteiger partial charge in [0.25, 0.3) is 0 Å². The number of guanidine groups is 1. The van der Waals surface area contributed by atoms with Crippen LogP contribution in [0.3, 0.4) is 0 Å². The van der Waals surface area contributed by atoms with Crippen molar-refractivity contribution in [3.63, 3.8) is 0 Å². The molecule has 1 aromatic heterocycles. The fourth-order valence-electron chi connectivity index (χ4n) is 4.39. The van der Waals surface area contributed by atoms with Crippen LogP contribution < -0.4 is 20.4 Å². The molecule has 6 nitrogen and oxygen atoms in total. The van der Waals surface area contributed by atoms with Gasteiger partial charge in [0.15, 0.2) is 5.96 Å². The number of anilines is 2. The van der Waals surface area contributed by atoms with Crippen LogP contribution in [0.2, 0.25) is 0 Å². The number of aromatic nitrogens is 1. The van der Waals surface area contributed by atoms with Crippen molar-refractivity contribution < 1.29 is 0 Å². The minimum Gasteiger partial charge on any atom is -0.372 e. The van der Waals surface area contributed by atoms with Crippen LogP contribution in [0.4, 0.5) is 11.5 Å². The molecule has 2 fully saturated rings. The summed E-state index contributed by atoms with van der Waals surface area (Å²) in [6.07, 6.45) is 7.09. The van der Waals surface area contributed by atoms with Crippen molar-refractivity contribution >= 4 is 17.5 Å². The van der Waals surface area contributed by atoms with Gasteiger partial charge in [-0.1, -0.05) is 18.2 Å². The molecule has 6 heteroatoms. The maximum atomic E-state index is 4.81. The number of nitrogens with one attached hydrogen (secondary N) is 2. The number of hydrogen-bond donors (Lipinski definition) is 2. The monoisotopic (exact) mass is 420 g/mol. The maximum Gasteiger partial charge on any atom is 0.192 e. The molecule has 2 aromatic rings. The Kier molecular flexibility index (Phi) is 7.28. The molecule has 2 saturated heterocycles. The molecule has 166 valence electrons. The number of rotatable bonds is 7. The summed E-state index contributed by atoms with van der Waals surface area (Å²) in [5.41, 5.74) is 3.74. The SMILES string of the molecule is CCNC(=NCc1ccc(N2CCCC2)nc1)NC(C)c1cccc(N2CCCC2)c1. The molecular formula is C25H36N6. The third-order valence-corrected chi connectivity index (χ3v) is 6.20. The molecular weight excluding hydrogens is 384 g/mol. The average Bonchev–Trinajstić information content (AvgIpc) is 3.53. The van der Waals surface area contributed by atoms with E-state index in [1.54, 1.807) is 0 Å². The molecule has 1 aromatic carbocycles. The van der Waals surface area contributed by atoms with Crippen LogP contribution in [0.5, 0.6) is 0 Å². The molecule has 2 N–H and O–H groups in total. The number of pyridine rings is 1. The van der Waals surface area contributed by atoms with Gasteiger partial charge >= 0.3 is 0 Å². The van der Waals surface area contributed by atoms with E-state index in [2.05, 4.69) is 75.7 Å². The first-order valence-corrected chi connectivity index (χ1v) is 11.8. The summed E-state index contributed by atoms with van der Waals surface area (Å²) in [4.78, 5) is 14.3. The maximum absolute atomic E-state index is 4.81. The first-order valence-electron chi connectivity index (χ1n) is 11.8. The summed E-state index contributed by atoms with van der Waals surface area (Å²) in [7, 11) is 0. The Morgan fingerprint density at radius 3 is 2.45 bits per heavy atom. The van der Waals surface area contributed by atoms with Crippen LogP contribution in [-0.4, -0.2) is 43.7 Å². The van der Waals surface area contributed by atoms with Crippen molar-refractivity contribution in [1.29, 1.82) is 0 Å². The highest BCUT2D eigenvalue weighted by atomic mass is 15.2. The fourth-order valence-corrected chi connectivity index (χ4v) is 4.39. The van der Waals surface area contributed by atoms with Gasteiger partial charge in [-0.3, -0.25) is 0 Å². The molecule has 0 saturated carbocycles. The summed E-state index contributed by atoms with van der Waals surface area (Å²) < 4.78 is 0.